The van der Waals surface area contributed by atoms with E-state index in [0.717, 1.165) is 60.6 Å². The fraction of sp³-hybridized carbons (Fsp3) is 0.429. The van der Waals surface area contributed by atoms with Crippen LogP contribution in [0.3, 0.4) is 0 Å². The van der Waals surface area contributed by atoms with E-state index in [1.807, 2.05) is 31.4 Å². The molecule has 7 heteroatoms. The zero-order valence-corrected chi connectivity index (χ0v) is 16.5. The number of Topliss-reactive ketones (excluding diaryl/α,β-unsaturated/α-hetero) is 1. The number of likely N-dealkylation sites (N-methyl/N-ethyl adjacent to an activating group) is 1. The second kappa shape index (κ2) is 8.16. The minimum Gasteiger partial charge on any atom is -0.301 e. The monoisotopic (exact) mass is 378 g/mol. The van der Waals surface area contributed by atoms with Gasteiger partial charge in [0.25, 0.3) is 0 Å². The lowest BCUT2D eigenvalue weighted by Crippen LogP contribution is -2.47. The first kappa shape index (κ1) is 18.7. The molecule has 4 heterocycles. The molecule has 28 heavy (non-hydrogen) atoms. The van der Waals surface area contributed by atoms with Crippen molar-refractivity contribution in [3.05, 3.63) is 42.5 Å². The molecule has 0 spiro atoms. The van der Waals surface area contributed by atoms with Crippen molar-refractivity contribution in [2.75, 3.05) is 39.3 Å². The van der Waals surface area contributed by atoms with E-state index in [-0.39, 0.29) is 5.78 Å². The Kier molecular flexibility index (Phi) is 5.45. The van der Waals surface area contributed by atoms with Gasteiger partial charge in [-0.25, -0.2) is 4.98 Å². The first-order valence-corrected chi connectivity index (χ1v) is 9.82. The third-order valence-electron chi connectivity index (χ3n) is 5.32. The molecule has 1 fully saturated rings. The zero-order chi connectivity index (χ0) is 19.5. The molecule has 7 nitrogen and oxygen atoms in total. The molecule has 1 aliphatic rings. The number of aromatic nitrogens is 4. The molecule has 1 aliphatic heterocycles. The molecule has 1 saturated heterocycles. The van der Waals surface area contributed by atoms with Gasteiger partial charge in [0.2, 0.25) is 0 Å². The molecule has 0 aliphatic carbocycles. The maximum absolute atomic E-state index is 12.5. The van der Waals surface area contributed by atoms with E-state index in [1.165, 1.54) is 0 Å². The minimum absolute atomic E-state index is 0.209. The molecular weight excluding hydrogens is 352 g/mol. The Morgan fingerprint density at radius 1 is 1.11 bits per heavy atom. The predicted octanol–water partition coefficient (Wildman–Crippen LogP) is 1.78. The number of hydrogen-bond donors (Lipinski definition) is 0. The van der Waals surface area contributed by atoms with Gasteiger partial charge in [-0.05, 0) is 24.7 Å². The van der Waals surface area contributed by atoms with Crippen LogP contribution in [-0.2, 0) is 18.3 Å². The Bertz CT molecular complexity index is 974. The number of aryl methyl sites for hydroxylation is 1. The summed E-state index contributed by atoms with van der Waals surface area (Å²) in [5, 5.41) is 5.18. The minimum atomic E-state index is 0.209. The van der Waals surface area contributed by atoms with Crippen LogP contribution >= 0.6 is 0 Å². The number of carbonyl (C=O) groups is 1. The molecule has 0 bridgehead atoms. The first-order chi connectivity index (χ1) is 13.6. The van der Waals surface area contributed by atoms with E-state index in [9.17, 15) is 4.79 Å². The average Bonchev–Trinajstić information content (AvgIpc) is 3.14. The molecule has 0 aromatic carbocycles. The second-order valence-electron chi connectivity index (χ2n) is 7.39. The van der Waals surface area contributed by atoms with Gasteiger partial charge in [0, 0.05) is 62.3 Å². The molecule has 0 saturated carbocycles. The van der Waals surface area contributed by atoms with Crippen molar-refractivity contribution in [2.45, 2.75) is 13.3 Å². The van der Waals surface area contributed by atoms with Gasteiger partial charge in [0.05, 0.1) is 30.4 Å². The number of pyridine rings is 2. The van der Waals surface area contributed by atoms with Crippen molar-refractivity contribution >= 4 is 16.7 Å². The van der Waals surface area contributed by atoms with Crippen LogP contribution in [0.4, 0.5) is 0 Å². The van der Waals surface area contributed by atoms with E-state index in [0.29, 0.717) is 13.0 Å². The molecule has 0 atom stereocenters. The predicted molar refractivity (Wildman–Crippen MR) is 109 cm³/mol. The average molecular weight is 378 g/mol. The lowest BCUT2D eigenvalue weighted by atomic mass is 10.1. The summed E-state index contributed by atoms with van der Waals surface area (Å²) in [5.41, 5.74) is 3.49. The van der Waals surface area contributed by atoms with Crippen LogP contribution in [0.2, 0.25) is 0 Å². The van der Waals surface area contributed by atoms with Crippen molar-refractivity contribution in [3.63, 3.8) is 0 Å². The van der Waals surface area contributed by atoms with Crippen LogP contribution in [0.25, 0.3) is 22.2 Å². The second-order valence-corrected chi connectivity index (χ2v) is 7.39. The van der Waals surface area contributed by atoms with Crippen molar-refractivity contribution < 1.29 is 4.79 Å². The highest BCUT2D eigenvalue weighted by atomic mass is 16.1. The number of hydrogen-bond acceptors (Lipinski definition) is 6. The molecule has 0 unspecified atom stereocenters. The summed E-state index contributed by atoms with van der Waals surface area (Å²) in [4.78, 5) is 26.4. The number of ketones is 1. The zero-order valence-electron chi connectivity index (χ0n) is 16.5. The molecule has 4 rings (SSSR count). The largest absolute Gasteiger partial charge is 0.301 e. The summed E-state index contributed by atoms with van der Waals surface area (Å²) in [7, 11) is 1.89. The number of nitrogens with zero attached hydrogens (tertiary/aromatic N) is 6. The Morgan fingerprint density at radius 3 is 2.61 bits per heavy atom. The van der Waals surface area contributed by atoms with E-state index in [1.54, 1.807) is 17.1 Å². The number of carbonyl (C=O) groups excluding carboxylic acids is 1. The normalized spacial score (nSPS) is 15.9. The van der Waals surface area contributed by atoms with Crippen LogP contribution in [0, 0.1) is 0 Å². The fourth-order valence-electron chi connectivity index (χ4n) is 3.64. The van der Waals surface area contributed by atoms with Crippen molar-refractivity contribution in [2.24, 2.45) is 7.05 Å². The Morgan fingerprint density at radius 2 is 1.89 bits per heavy atom. The SMILES string of the molecule is CCN1CCN(CC(=O)Cc2cc3nc(-c4cnn(C)c4)ccc3cn2)CC1. The maximum atomic E-state index is 12.5. The Labute approximate surface area is 165 Å². The van der Waals surface area contributed by atoms with Crippen LogP contribution in [0.5, 0.6) is 0 Å². The highest BCUT2D eigenvalue weighted by Gasteiger charge is 2.18. The van der Waals surface area contributed by atoms with Crippen LogP contribution in [0.1, 0.15) is 12.6 Å². The lowest BCUT2D eigenvalue weighted by Gasteiger charge is -2.33. The van der Waals surface area contributed by atoms with Gasteiger partial charge in [-0.15, -0.1) is 0 Å². The van der Waals surface area contributed by atoms with Crippen molar-refractivity contribution in [1.82, 2.24) is 29.5 Å². The van der Waals surface area contributed by atoms with Crippen molar-refractivity contribution in [3.8, 4) is 11.3 Å². The van der Waals surface area contributed by atoms with Gasteiger partial charge >= 0.3 is 0 Å². The van der Waals surface area contributed by atoms with Crippen LogP contribution < -0.4 is 0 Å². The van der Waals surface area contributed by atoms with E-state index in [4.69, 9.17) is 4.98 Å². The standard InChI is InChI=1S/C21H26N6O/c1-3-26-6-8-27(9-7-26)15-19(28)10-18-11-21-16(12-22-18)4-5-20(24-21)17-13-23-25(2)14-17/h4-5,11-14H,3,6-10,15H2,1-2H3. The third kappa shape index (κ3) is 4.26. The molecule has 3 aromatic rings. The molecule has 146 valence electrons. The van der Waals surface area contributed by atoms with Gasteiger partial charge in [-0.2, -0.15) is 5.10 Å². The maximum Gasteiger partial charge on any atom is 0.152 e. The fourth-order valence-corrected chi connectivity index (χ4v) is 3.64. The van der Waals surface area contributed by atoms with Gasteiger partial charge in [-0.1, -0.05) is 6.92 Å². The number of piperazine rings is 1. The highest BCUT2D eigenvalue weighted by molar-refractivity contribution is 5.85. The van der Waals surface area contributed by atoms with E-state index >= 15 is 0 Å². The summed E-state index contributed by atoms with van der Waals surface area (Å²) >= 11 is 0. The summed E-state index contributed by atoms with van der Waals surface area (Å²) in [6.07, 6.45) is 5.90. The summed E-state index contributed by atoms with van der Waals surface area (Å²) < 4.78 is 1.76. The first-order valence-electron chi connectivity index (χ1n) is 9.82. The Hall–Kier alpha value is -2.64. The van der Waals surface area contributed by atoms with E-state index < -0.39 is 0 Å². The van der Waals surface area contributed by atoms with Gasteiger partial charge in [0.1, 0.15) is 0 Å². The summed E-state index contributed by atoms with van der Waals surface area (Å²) in [5.74, 6) is 0.209. The van der Waals surface area contributed by atoms with Crippen LogP contribution in [-0.4, -0.2) is 74.6 Å². The Balaban J connectivity index is 1.44. The quantitative estimate of drug-likeness (QED) is 0.651. The van der Waals surface area contributed by atoms with Gasteiger partial charge in [0.15, 0.2) is 5.78 Å². The smallest absolute Gasteiger partial charge is 0.152 e. The lowest BCUT2D eigenvalue weighted by molar-refractivity contribution is -0.120. The van der Waals surface area contributed by atoms with E-state index in [2.05, 4.69) is 26.8 Å². The molecule has 3 aromatic heterocycles. The van der Waals surface area contributed by atoms with Crippen molar-refractivity contribution in [1.29, 1.82) is 0 Å². The summed E-state index contributed by atoms with van der Waals surface area (Å²) in [6.45, 7) is 7.76. The topological polar surface area (TPSA) is 67.2 Å². The summed E-state index contributed by atoms with van der Waals surface area (Å²) in [6, 6.07) is 5.92. The number of rotatable bonds is 6. The molecular formula is C21H26N6O. The van der Waals surface area contributed by atoms with Crippen LogP contribution in [0.15, 0.2) is 36.8 Å². The third-order valence-corrected chi connectivity index (χ3v) is 5.32. The molecule has 0 radical (unpaired) electrons. The van der Waals surface area contributed by atoms with Gasteiger partial charge in [-0.3, -0.25) is 19.4 Å². The molecule has 0 N–H and O–H groups in total. The number of fused-ring (bicyclic) bond motifs is 1. The van der Waals surface area contributed by atoms with Gasteiger partial charge < -0.3 is 4.90 Å². The highest BCUT2D eigenvalue weighted by Crippen LogP contribution is 2.20. The molecule has 0 amide bonds.